The van der Waals surface area contributed by atoms with Crippen LogP contribution in [-0.2, 0) is 10.8 Å². The monoisotopic (exact) mass is 841 g/mol. The highest BCUT2D eigenvalue weighted by Crippen LogP contribution is 2.64. The zero-order valence-corrected chi connectivity index (χ0v) is 36.7. The van der Waals surface area contributed by atoms with Crippen molar-refractivity contribution in [3.8, 4) is 44.9 Å². The van der Waals surface area contributed by atoms with Crippen molar-refractivity contribution in [1.29, 1.82) is 0 Å². The van der Waals surface area contributed by atoms with Crippen molar-refractivity contribution in [3.63, 3.8) is 0 Å². The summed E-state index contributed by atoms with van der Waals surface area (Å²) >= 11 is 0. The van der Waals surface area contributed by atoms with Crippen LogP contribution in [0.1, 0.15) is 47.2 Å². The first-order valence-corrected chi connectivity index (χ1v) is 23.1. The molecule has 1 aliphatic heterocycles. The van der Waals surface area contributed by atoms with Gasteiger partial charge in [-0.2, -0.15) is 0 Å². The maximum atomic E-state index is 7.20. The third-order valence-electron chi connectivity index (χ3n) is 15.1. The normalized spacial score (nSPS) is 14.3. The molecule has 2 heteroatoms. The van der Waals surface area contributed by atoms with E-state index in [4.69, 9.17) is 4.74 Å². The minimum Gasteiger partial charge on any atom is -0.455 e. The van der Waals surface area contributed by atoms with Crippen LogP contribution in [0.3, 0.4) is 0 Å². The van der Waals surface area contributed by atoms with Gasteiger partial charge in [-0.3, -0.25) is 0 Å². The molecule has 1 heterocycles. The van der Waals surface area contributed by atoms with Crippen LogP contribution >= 0.6 is 0 Å². The smallest absolute Gasteiger partial charge is 0.140 e. The average molecular weight is 842 g/mol. The second-order valence-electron chi connectivity index (χ2n) is 18.8. The largest absolute Gasteiger partial charge is 0.455 e. The quantitative estimate of drug-likeness (QED) is 0.175. The van der Waals surface area contributed by atoms with E-state index in [1.165, 1.54) is 82.7 Å². The first-order valence-electron chi connectivity index (χ1n) is 23.1. The van der Waals surface area contributed by atoms with Crippen molar-refractivity contribution < 1.29 is 4.74 Å². The molecule has 0 bridgehead atoms. The molecule has 0 unspecified atom stereocenters. The molecule has 0 atom stereocenters. The van der Waals surface area contributed by atoms with Gasteiger partial charge in [-0.15, -0.1) is 0 Å². The predicted octanol–water partition coefficient (Wildman–Crippen LogP) is 17.1. The van der Waals surface area contributed by atoms with E-state index in [2.05, 4.69) is 243 Å². The average Bonchev–Trinajstić information content (AvgIpc) is 3.78. The van der Waals surface area contributed by atoms with Crippen LogP contribution in [0.2, 0.25) is 0 Å². The van der Waals surface area contributed by atoms with Gasteiger partial charge in [0.25, 0.3) is 0 Å². The Labute approximate surface area is 384 Å². The molecule has 0 saturated heterocycles. The van der Waals surface area contributed by atoms with E-state index in [0.29, 0.717) is 0 Å². The van der Waals surface area contributed by atoms with E-state index < -0.39 is 5.41 Å². The third-order valence-corrected chi connectivity index (χ3v) is 15.1. The Hall–Kier alpha value is -8.20. The number of ether oxygens (including phenoxy) is 1. The second kappa shape index (κ2) is 13.7. The Kier molecular flexibility index (Phi) is 7.70. The molecule has 1 spiro atoms. The SMILES string of the molecule is CC1(C)c2ccccc2-c2ccc(N(c3cccc(-c4ccc5c(c4)-c4ccccc4C54c5ccc6ccccc6c5Oc5c4ccc4ccccc54)c3)c3cccc4ccccc34)cc21. The van der Waals surface area contributed by atoms with Gasteiger partial charge in [-0.05, 0) is 108 Å². The molecule has 0 radical (unpaired) electrons. The van der Waals surface area contributed by atoms with Crippen LogP contribution < -0.4 is 9.64 Å². The number of hydrogen-bond donors (Lipinski definition) is 0. The van der Waals surface area contributed by atoms with Gasteiger partial charge < -0.3 is 9.64 Å². The van der Waals surface area contributed by atoms with Crippen molar-refractivity contribution >= 4 is 49.4 Å². The molecule has 3 aliphatic rings. The van der Waals surface area contributed by atoms with E-state index in [-0.39, 0.29) is 5.41 Å². The summed E-state index contributed by atoms with van der Waals surface area (Å²) < 4.78 is 7.20. The van der Waals surface area contributed by atoms with E-state index in [0.717, 1.165) is 44.9 Å². The van der Waals surface area contributed by atoms with Crippen molar-refractivity contribution in [3.05, 3.63) is 258 Å². The molecule has 11 aromatic carbocycles. The fourth-order valence-corrected chi connectivity index (χ4v) is 12.1. The molecule has 0 aromatic heterocycles. The first kappa shape index (κ1) is 37.2. The lowest BCUT2D eigenvalue weighted by Crippen LogP contribution is -2.32. The number of fused-ring (bicyclic) bond motifs is 17. The molecule has 66 heavy (non-hydrogen) atoms. The summed E-state index contributed by atoms with van der Waals surface area (Å²) in [4.78, 5) is 2.47. The van der Waals surface area contributed by atoms with E-state index >= 15 is 0 Å². The highest BCUT2D eigenvalue weighted by atomic mass is 16.5. The number of nitrogens with zero attached hydrogens (tertiary/aromatic N) is 1. The van der Waals surface area contributed by atoms with E-state index in [1.54, 1.807) is 0 Å². The summed E-state index contributed by atoms with van der Waals surface area (Å²) in [5.74, 6) is 1.87. The van der Waals surface area contributed by atoms with Crippen molar-refractivity contribution in [1.82, 2.24) is 0 Å². The van der Waals surface area contributed by atoms with Gasteiger partial charge in [0.1, 0.15) is 11.5 Å². The Balaban J connectivity index is 0.970. The summed E-state index contributed by atoms with van der Waals surface area (Å²) in [6, 6.07) is 83.2. The van der Waals surface area contributed by atoms with Gasteiger partial charge in [0, 0.05) is 44.1 Å². The highest BCUT2D eigenvalue weighted by molar-refractivity contribution is 6.02. The molecule has 0 N–H and O–H groups in total. The van der Waals surface area contributed by atoms with Crippen molar-refractivity contribution in [2.45, 2.75) is 24.7 Å². The highest BCUT2D eigenvalue weighted by Gasteiger charge is 2.52. The fraction of sp³-hybridized carbons (Fsp3) is 0.0625. The molecule has 0 amide bonds. The van der Waals surface area contributed by atoms with Gasteiger partial charge in [-0.25, -0.2) is 0 Å². The molecule has 0 fully saturated rings. The van der Waals surface area contributed by atoms with E-state index in [1.807, 2.05) is 0 Å². The van der Waals surface area contributed by atoms with Crippen LogP contribution in [0, 0.1) is 0 Å². The summed E-state index contributed by atoms with van der Waals surface area (Å²) in [7, 11) is 0. The van der Waals surface area contributed by atoms with Crippen LogP contribution in [0.4, 0.5) is 17.1 Å². The minimum absolute atomic E-state index is 0.127. The molecule has 11 aromatic rings. The minimum atomic E-state index is -0.588. The van der Waals surface area contributed by atoms with Gasteiger partial charge in [0.05, 0.1) is 11.1 Å². The summed E-state index contributed by atoms with van der Waals surface area (Å²) in [5.41, 5.74) is 17.8. The van der Waals surface area contributed by atoms with Gasteiger partial charge in [-0.1, -0.05) is 202 Å². The van der Waals surface area contributed by atoms with Gasteiger partial charge in [0.2, 0.25) is 0 Å². The standard InChI is InChI=1S/C64H43NO/c1-63(2)54-26-11-9-24-50(54)52-33-32-46(39-59(52)63)65(60-28-14-18-40-15-3-6-21-47(40)60)45-20-13-19-43(37-45)44-31-34-56-53(38-44)51-25-10-12-27-55(51)64(56)57-35-29-41-16-4-7-22-48(41)61(57)66-62-49-23-8-5-17-42(49)30-36-58(62)64/h3-39H,1-2H3. The van der Waals surface area contributed by atoms with E-state index in [9.17, 15) is 0 Å². The van der Waals surface area contributed by atoms with Crippen molar-refractivity contribution in [2.75, 3.05) is 4.90 Å². The summed E-state index contributed by atoms with van der Waals surface area (Å²) in [6.07, 6.45) is 0. The lowest BCUT2D eigenvalue weighted by atomic mass is 9.65. The molecule has 14 rings (SSSR count). The number of anilines is 3. The molecular weight excluding hydrogens is 799 g/mol. The zero-order chi connectivity index (χ0) is 43.7. The Morgan fingerprint density at radius 3 is 1.58 bits per heavy atom. The van der Waals surface area contributed by atoms with Gasteiger partial charge >= 0.3 is 0 Å². The fourth-order valence-electron chi connectivity index (χ4n) is 12.1. The van der Waals surface area contributed by atoms with Crippen LogP contribution in [0.5, 0.6) is 11.5 Å². The van der Waals surface area contributed by atoms with Crippen molar-refractivity contribution in [2.24, 2.45) is 0 Å². The predicted molar refractivity (Wildman–Crippen MR) is 274 cm³/mol. The molecule has 0 saturated carbocycles. The first-order chi connectivity index (χ1) is 32.5. The van der Waals surface area contributed by atoms with Gasteiger partial charge in [0.15, 0.2) is 0 Å². The third kappa shape index (κ3) is 5.01. The second-order valence-corrected chi connectivity index (χ2v) is 18.8. The number of rotatable bonds is 4. The number of benzene rings is 11. The Morgan fingerprint density at radius 1 is 0.333 bits per heavy atom. The molecule has 2 aliphatic carbocycles. The summed E-state index contributed by atoms with van der Waals surface area (Å²) in [5, 5.41) is 7.02. The Bertz CT molecular complexity index is 3760. The Morgan fingerprint density at radius 2 is 0.848 bits per heavy atom. The topological polar surface area (TPSA) is 12.5 Å². The van der Waals surface area contributed by atoms with Crippen LogP contribution in [0.15, 0.2) is 224 Å². The van der Waals surface area contributed by atoms with Crippen LogP contribution in [0.25, 0.3) is 65.7 Å². The lowest BCUT2D eigenvalue weighted by Gasteiger charge is -2.40. The zero-order valence-electron chi connectivity index (χ0n) is 36.7. The maximum absolute atomic E-state index is 7.20. The lowest BCUT2D eigenvalue weighted by molar-refractivity contribution is 0.447. The maximum Gasteiger partial charge on any atom is 0.140 e. The molecule has 2 nitrogen and oxygen atoms in total. The number of hydrogen-bond acceptors (Lipinski definition) is 2. The molecule has 310 valence electrons. The molecular formula is C64H43NO. The summed E-state index contributed by atoms with van der Waals surface area (Å²) in [6.45, 7) is 4.73. The van der Waals surface area contributed by atoms with Crippen LogP contribution in [-0.4, -0.2) is 0 Å².